The molecule has 0 saturated heterocycles. The van der Waals surface area contributed by atoms with Crippen molar-refractivity contribution in [3.05, 3.63) is 11.6 Å². The van der Waals surface area contributed by atoms with E-state index in [-0.39, 0.29) is 12.1 Å². The Labute approximate surface area is 87.3 Å². The molecule has 0 rings (SSSR count). The van der Waals surface area contributed by atoms with Crippen molar-refractivity contribution in [2.24, 2.45) is 5.92 Å². The summed E-state index contributed by atoms with van der Waals surface area (Å²) in [5.41, 5.74) is 0.711. The summed E-state index contributed by atoms with van der Waals surface area (Å²) < 4.78 is 5.31. The quantitative estimate of drug-likeness (QED) is 0.500. The molecular weight excluding hydrogens is 176 g/mol. The number of hydrogen-bond acceptors (Lipinski definition) is 2. The highest BCUT2D eigenvalue weighted by molar-refractivity contribution is 5.87. The zero-order valence-electron chi connectivity index (χ0n) is 9.96. The zero-order chi connectivity index (χ0) is 11.1. The Hall–Kier alpha value is -0.790. The summed E-state index contributed by atoms with van der Waals surface area (Å²) >= 11 is 0. The lowest BCUT2D eigenvalue weighted by Crippen LogP contribution is -2.22. The third-order valence-electron chi connectivity index (χ3n) is 2.57. The van der Waals surface area contributed by atoms with Gasteiger partial charge in [-0.25, -0.2) is 4.79 Å². The highest BCUT2D eigenvalue weighted by atomic mass is 16.5. The molecule has 2 heteroatoms. The Balaban J connectivity index is 4.12. The fraction of sp³-hybridized carbons (Fsp3) is 0.750. The minimum Gasteiger partial charge on any atom is -0.459 e. The van der Waals surface area contributed by atoms with Crippen LogP contribution in [0.25, 0.3) is 0 Å². The average molecular weight is 198 g/mol. The minimum absolute atomic E-state index is 0.00714. The van der Waals surface area contributed by atoms with Crippen molar-refractivity contribution in [1.29, 1.82) is 0 Å². The van der Waals surface area contributed by atoms with Crippen LogP contribution in [0.3, 0.4) is 0 Å². The van der Waals surface area contributed by atoms with Gasteiger partial charge in [0.1, 0.15) is 6.10 Å². The molecule has 0 fully saturated rings. The number of rotatable bonds is 5. The van der Waals surface area contributed by atoms with Gasteiger partial charge in [-0.2, -0.15) is 0 Å². The average Bonchev–Trinajstić information content (AvgIpc) is 2.16. The molecule has 0 aromatic carbocycles. The van der Waals surface area contributed by atoms with E-state index in [0.717, 1.165) is 12.8 Å². The highest BCUT2D eigenvalue weighted by Gasteiger charge is 2.15. The van der Waals surface area contributed by atoms with E-state index in [2.05, 4.69) is 13.8 Å². The Morgan fingerprint density at radius 1 is 1.36 bits per heavy atom. The summed E-state index contributed by atoms with van der Waals surface area (Å²) in [5, 5.41) is 0. The van der Waals surface area contributed by atoms with Crippen molar-refractivity contribution in [3.63, 3.8) is 0 Å². The normalized spacial score (nSPS) is 16.2. The Morgan fingerprint density at radius 2 is 1.93 bits per heavy atom. The van der Waals surface area contributed by atoms with Crippen molar-refractivity contribution in [2.75, 3.05) is 0 Å². The molecule has 0 radical (unpaired) electrons. The van der Waals surface area contributed by atoms with Crippen LogP contribution in [0.15, 0.2) is 11.6 Å². The van der Waals surface area contributed by atoms with Crippen LogP contribution in [0, 0.1) is 5.92 Å². The lowest BCUT2D eigenvalue weighted by Gasteiger charge is -2.18. The number of allylic oxidation sites excluding steroid dienone is 1. The van der Waals surface area contributed by atoms with Crippen LogP contribution in [-0.4, -0.2) is 12.1 Å². The van der Waals surface area contributed by atoms with Gasteiger partial charge in [-0.15, -0.1) is 0 Å². The summed E-state index contributed by atoms with van der Waals surface area (Å²) in [6, 6.07) is 0. The molecule has 2 unspecified atom stereocenters. The molecule has 0 aromatic rings. The van der Waals surface area contributed by atoms with Crippen molar-refractivity contribution < 1.29 is 9.53 Å². The van der Waals surface area contributed by atoms with E-state index < -0.39 is 0 Å². The fourth-order valence-corrected chi connectivity index (χ4v) is 1.10. The zero-order valence-corrected chi connectivity index (χ0v) is 9.96. The third kappa shape index (κ3) is 4.45. The number of carbonyl (C=O) groups is 1. The summed E-state index contributed by atoms with van der Waals surface area (Å²) in [6.07, 6.45) is 3.81. The molecule has 0 spiro atoms. The molecule has 0 aliphatic rings. The minimum atomic E-state index is -0.181. The van der Waals surface area contributed by atoms with Crippen LogP contribution in [0.5, 0.6) is 0 Å². The van der Waals surface area contributed by atoms with E-state index >= 15 is 0 Å². The SMILES string of the molecule is CC/C=C(\C)C(=O)OC(C)C(C)CC. The van der Waals surface area contributed by atoms with Gasteiger partial charge in [-0.1, -0.05) is 33.3 Å². The molecule has 0 amide bonds. The summed E-state index contributed by atoms with van der Waals surface area (Å²) in [4.78, 5) is 11.5. The van der Waals surface area contributed by atoms with Gasteiger partial charge in [-0.05, 0) is 26.2 Å². The number of ether oxygens (including phenoxy) is 1. The molecule has 0 aliphatic heterocycles. The number of esters is 1. The van der Waals surface area contributed by atoms with Gasteiger partial charge in [0.05, 0.1) is 0 Å². The summed E-state index contributed by atoms with van der Waals surface area (Å²) in [6.45, 7) is 9.95. The first-order chi connectivity index (χ1) is 6.52. The second-order valence-electron chi connectivity index (χ2n) is 3.79. The van der Waals surface area contributed by atoms with E-state index in [1.165, 1.54) is 0 Å². The largest absolute Gasteiger partial charge is 0.459 e. The van der Waals surface area contributed by atoms with Crippen molar-refractivity contribution in [2.45, 2.75) is 53.6 Å². The maximum absolute atomic E-state index is 11.5. The predicted octanol–water partition coefficient (Wildman–Crippen LogP) is 3.32. The van der Waals surface area contributed by atoms with E-state index in [1.807, 2.05) is 19.9 Å². The van der Waals surface area contributed by atoms with Gasteiger partial charge in [-0.3, -0.25) is 0 Å². The van der Waals surface area contributed by atoms with Crippen molar-refractivity contribution in [1.82, 2.24) is 0 Å². The molecule has 2 nitrogen and oxygen atoms in total. The Bertz CT molecular complexity index is 206. The first kappa shape index (κ1) is 13.2. The van der Waals surface area contributed by atoms with Crippen LogP contribution < -0.4 is 0 Å². The Kier molecular flexibility index (Phi) is 6.26. The van der Waals surface area contributed by atoms with E-state index in [9.17, 15) is 4.79 Å². The lowest BCUT2D eigenvalue weighted by atomic mass is 10.0. The summed E-state index contributed by atoms with van der Waals surface area (Å²) in [7, 11) is 0. The van der Waals surface area contributed by atoms with E-state index in [4.69, 9.17) is 4.74 Å². The second-order valence-corrected chi connectivity index (χ2v) is 3.79. The third-order valence-corrected chi connectivity index (χ3v) is 2.57. The van der Waals surface area contributed by atoms with Gasteiger partial charge >= 0.3 is 5.97 Å². The number of hydrogen-bond donors (Lipinski definition) is 0. The van der Waals surface area contributed by atoms with Gasteiger partial charge in [0.15, 0.2) is 0 Å². The standard InChI is InChI=1S/C12H22O2/c1-6-8-10(4)12(13)14-11(5)9(3)7-2/h8-9,11H,6-7H2,1-5H3/b10-8+. The topological polar surface area (TPSA) is 26.3 Å². The smallest absolute Gasteiger partial charge is 0.333 e. The molecule has 0 bridgehead atoms. The van der Waals surface area contributed by atoms with E-state index in [0.29, 0.717) is 11.5 Å². The molecule has 0 aromatic heterocycles. The van der Waals surface area contributed by atoms with Crippen LogP contribution in [-0.2, 0) is 9.53 Å². The van der Waals surface area contributed by atoms with Gasteiger partial charge in [0, 0.05) is 5.57 Å². The maximum atomic E-state index is 11.5. The molecule has 0 heterocycles. The Morgan fingerprint density at radius 3 is 2.36 bits per heavy atom. The van der Waals surface area contributed by atoms with Crippen LogP contribution in [0.2, 0.25) is 0 Å². The van der Waals surface area contributed by atoms with Crippen molar-refractivity contribution >= 4 is 5.97 Å². The molecule has 82 valence electrons. The monoisotopic (exact) mass is 198 g/mol. The van der Waals surface area contributed by atoms with Crippen molar-refractivity contribution in [3.8, 4) is 0 Å². The van der Waals surface area contributed by atoms with Gasteiger partial charge in [0.2, 0.25) is 0 Å². The first-order valence-corrected chi connectivity index (χ1v) is 5.40. The summed E-state index contributed by atoms with van der Waals surface area (Å²) in [5.74, 6) is 0.244. The van der Waals surface area contributed by atoms with Crippen LogP contribution in [0.4, 0.5) is 0 Å². The molecule has 2 atom stereocenters. The molecule has 0 aliphatic carbocycles. The second kappa shape index (κ2) is 6.63. The molecule has 14 heavy (non-hydrogen) atoms. The highest BCUT2D eigenvalue weighted by Crippen LogP contribution is 2.12. The molecular formula is C12H22O2. The maximum Gasteiger partial charge on any atom is 0.333 e. The fourth-order valence-electron chi connectivity index (χ4n) is 1.10. The predicted molar refractivity (Wildman–Crippen MR) is 59.1 cm³/mol. The molecule has 0 saturated carbocycles. The van der Waals surface area contributed by atoms with Gasteiger partial charge < -0.3 is 4.74 Å². The first-order valence-electron chi connectivity index (χ1n) is 5.40. The van der Waals surface area contributed by atoms with Crippen LogP contribution >= 0.6 is 0 Å². The van der Waals surface area contributed by atoms with Gasteiger partial charge in [0.25, 0.3) is 0 Å². The van der Waals surface area contributed by atoms with E-state index in [1.54, 1.807) is 6.92 Å². The molecule has 0 N–H and O–H groups in total. The lowest BCUT2D eigenvalue weighted by molar-refractivity contribution is -0.145. The van der Waals surface area contributed by atoms with Crippen LogP contribution in [0.1, 0.15) is 47.5 Å². The number of carbonyl (C=O) groups excluding carboxylic acids is 1.